The van der Waals surface area contributed by atoms with Crippen LogP contribution in [0.3, 0.4) is 0 Å². The molecular formula is C104H64N2O3S. The van der Waals surface area contributed by atoms with Crippen LogP contribution in [0.4, 0.5) is 34.1 Å². The SMILES string of the molecule is c1cc(-c2ccccc2N(c2ccc(-c3cccc4c3oc3ccc(-c5cccc6c(-c7cccc(-c8ccccc8N(c8ccc(-c9ccc%10c(c9)oc9ccccc9%10)cc8)c8cccc9c8sc8ccccc89)c7)cccc56)cc34)cc2)c2cccc3oc4ccccc4c23)cc(-c2cccc3ccccc23)c1. The maximum absolute atomic E-state index is 6.99. The van der Waals surface area contributed by atoms with Crippen LogP contribution in [0.15, 0.2) is 401 Å². The summed E-state index contributed by atoms with van der Waals surface area (Å²) >= 11 is 1.85. The number of hydrogen-bond donors (Lipinski definition) is 0. The molecule has 4 aromatic heterocycles. The first-order valence-corrected chi connectivity index (χ1v) is 38.2. The molecule has 5 nitrogen and oxygen atoms in total. The quantitative estimate of drug-likeness (QED) is 0.115. The van der Waals surface area contributed by atoms with Gasteiger partial charge in [-0.15, -0.1) is 11.3 Å². The van der Waals surface area contributed by atoms with Crippen molar-refractivity contribution in [2.24, 2.45) is 0 Å². The predicted molar refractivity (Wildman–Crippen MR) is 464 cm³/mol. The number of nitrogens with zero attached hydrogens (tertiary/aromatic N) is 2. The Balaban J connectivity index is 0.606. The minimum atomic E-state index is 0.834. The molecule has 0 bridgehead atoms. The second-order valence-electron chi connectivity index (χ2n) is 28.5. The molecule has 4 heterocycles. The van der Waals surface area contributed by atoms with Gasteiger partial charge in [-0.3, -0.25) is 0 Å². The highest BCUT2D eigenvalue weighted by Crippen LogP contribution is 2.51. The van der Waals surface area contributed by atoms with E-state index in [2.05, 4.69) is 380 Å². The highest BCUT2D eigenvalue weighted by Gasteiger charge is 2.26. The Morgan fingerprint density at radius 1 is 0.200 bits per heavy atom. The Morgan fingerprint density at radius 2 is 0.627 bits per heavy atom. The largest absolute Gasteiger partial charge is 0.456 e. The van der Waals surface area contributed by atoms with Gasteiger partial charge in [-0.05, 0) is 192 Å². The van der Waals surface area contributed by atoms with Crippen molar-refractivity contribution in [3.05, 3.63) is 388 Å². The van der Waals surface area contributed by atoms with Crippen LogP contribution in [0, 0.1) is 0 Å². The molecule has 0 N–H and O–H groups in total. The number of fused-ring (bicyclic) bond motifs is 14. The third-order valence-electron chi connectivity index (χ3n) is 22.3. The van der Waals surface area contributed by atoms with Crippen LogP contribution >= 0.6 is 11.3 Å². The highest BCUT2D eigenvalue weighted by molar-refractivity contribution is 7.26. The number of anilines is 6. The third-order valence-corrected chi connectivity index (χ3v) is 23.5. The fourth-order valence-corrected chi connectivity index (χ4v) is 18.4. The fraction of sp³-hybridized carbons (Fsp3) is 0. The lowest BCUT2D eigenvalue weighted by molar-refractivity contribution is 0.668. The van der Waals surface area contributed by atoms with Crippen molar-refractivity contribution in [1.29, 1.82) is 0 Å². The van der Waals surface area contributed by atoms with Crippen LogP contribution in [0.5, 0.6) is 0 Å². The van der Waals surface area contributed by atoms with Crippen LogP contribution in [0.1, 0.15) is 0 Å². The Hall–Kier alpha value is -14.3. The maximum Gasteiger partial charge on any atom is 0.143 e. The van der Waals surface area contributed by atoms with Gasteiger partial charge >= 0.3 is 0 Å². The number of thiophene rings is 1. The first kappa shape index (κ1) is 63.0. The van der Waals surface area contributed by atoms with E-state index in [4.69, 9.17) is 13.3 Å². The number of hydrogen-bond acceptors (Lipinski definition) is 6. The molecule has 514 valence electrons. The Morgan fingerprint density at radius 3 is 1.35 bits per heavy atom. The minimum Gasteiger partial charge on any atom is -0.456 e. The summed E-state index contributed by atoms with van der Waals surface area (Å²) in [6, 6.07) is 141. The highest BCUT2D eigenvalue weighted by atomic mass is 32.1. The van der Waals surface area contributed by atoms with Crippen LogP contribution in [0.25, 0.3) is 185 Å². The van der Waals surface area contributed by atoms with Crippen LogP contribution < -0.4 is 9.80 Å². The summed E-state index contributed by atoms with van der Waals surface area (Å²) in [5.74, 6) is 0. The van der Waals surface area contributed by atoms with Gasteiger partial charge in [0.25, 0.3) is 0 Å². The minimum absolute atomic E-state index is 0.834. The van der Waals surface area contributed by atoms with Gasteiger partial charge in [-0.25, -0.2) is 0 Å². The molecule has 0 saturated heterocycles. The molecule has 0 aliphatic carbocycles. The average Bonchev–Trinajstić information content (AvgIpc) is 1.47. The average molecular weight is 1420 g/mol. The number of benzene rings is 18. The molecule has 0 amide bonds. The van der Waals surface area contributed by atoms with Crippen molar-refractivity contribution in [2.75, 3.05) is 9.80 Å². The molecule has 0 spiro atoms. The van der Waals surface area contributed by atoms with E-state index in [1.54, 1.807) is 0 Å². The van der Waals surface area contributed by atoms with Crippen molar-refractivity contribution in [2.45, 2.75) is 0 Å². The lowest BCUT2D eigenvalue weighted by Gasteiger charge is -2.29. The summed E-state index contributed by atoms with van der Waals surface area (Å²) < 4.78 is 22.4. The van der Waals surface area contributed by atoms with Gasteiger partial charge in [-0.2, -0.15) is 0 Å². The molecule has 0 saturated carbocycles. The van der Waals surface area contributed by atoms with E-state index in [0.29, 0.717) is 0 Å². The number of furan rings is 3. The molecule has 0 unspecified atom stereocenters. The number of para-hydroxylation sites is 5. The second kappa shape index (κ2) is 25.7. The van der Waals surface area contributed by atoms with Crippen LogP contribution in [-0.2, 0) is 0 Å². The zero-order chi connectivity index (χ0) is 72.3. The zero-order valence-corrected chi connectivity index (χ0v) is 60.3. The van der Waals surface area contributed by atoms with Gasteiger partial charge in [0.2, 0.25) is 0 Å². The van der Waals surface area contributed by atoms with Gasteiger partial charge in [0, 0.05) is 70.5 Å². The summed E-state index contributed by atoms with van der Waals surface area (Å²) in [5.41, 5.74) is 27.3. The fourth-order valence-electron chi connectivity index (χ4n) is 17.2. The first-order valence-electron chi connectivity index (χ1n) is 37.4. The van der Waals surface area contributed by atoms with Crippen molar-refractivity contribution in [3.8, 4) is 77.9 Å². The Bertz CT molecular complexity index is 7430. The Kier molecular flexibility index (Phi) is 14.8. The smallest absolute Gasteiger partial charge is 0.143 e. The zero-order valence-electron chi connectivity index (χ0n) is 59.5. The standard InChI is InChI=1S/C104H64N2O3S/c1-2-27-76-66(21-1)22-15-33-77(76)69-23-13-25-71(61-69)80-28-3-8-41-92(80)105(94-43-20-47-99-102(94)90-32-6-11-46-97(90)107-99)74-57-51-67(52-58-74)82-36-18-39-88-91-63-73(54-60-98(91)109-103(82)88)79-35-17-37-83-78(34-16-38-84(79)83)70-24-14-26-72(62-70)81-29-4-9-42-93(81)106(95-44-19-40-89-87-31-7-12-48-101(87)110-104(89)95)75-55-49-65(50-56-75)68-53-59-86-85-30-5-10-45-96(85)108-100(86)64-68/h1-64H. The van der Waals surface area contributed by atoms with Gasteiger partial charge < -0.3 is 23.1 Å². The van der Waals surface area contributed by atoms with E-state index in [1.807, 2.05) is 29.5 Å². The summed E-state index contributed by atoms with van der Waals surface area (Å²) in [6.45, 7) is 0. The van der Waals surface area contributed by atoms with E-state index >= 15 is 0 Å². The van der Waals surface area contributed by atoms with Crippen molar-refractivity contribution in [1.82, 2.24) is 0 Å². The summed E-state index contributed by atoms with van der Waals surface area (Å²) in [5, 5.41) is 13.8. The molecule has 18 aromatic carbocycles. The second-order valence-corrected chi connectivity index (χ2v) is 29.6. The molecule has 0 aliphatic rings. The Labute approximate surface area is 637 Å². The van der Waals surface area contributed by atoms with Gasteiger partial charge in [0.05, 0.1) is 32.8 Å². The lowest BCUT2D eigenvalue weighted by Crippen LogP contribution is -2.11. The molecule has 22 rings (SSSR count). The molecule has 22 aromatic rings. The van der Waals surface area contributed by atoms with Crippen LogP contribution in [0.2, 0.25) is 0 Å². The van der Waals surface area contributed by atoms with E-state index in [9.17, 15) is 0 Å². The van der Waals surface area contributed by atoms with Crippen LogP contribution in [-0.4, -0.2) is 0 Å². The molecule has 0 atom stereocenters. The lowest BCUT2D eigenvalue weighted by atomic mass is 9.91. The topological polar surface area (TPSA) is 45.9 Å². The monoisotopic (exact) mass is 1420 g/mol. The molecule has 110 heavy (non-hydrogen) atoms. The summed E-state index contributed by atoms with van der Waals surface area (Å²) in [4.78, 5) is 4.87. The third kappa shape index (κ3) is 10.4. The maximum atomic E-state index is 6.99. The van der Waals surface area contributed by atoms with E-state index < -0.39 is 0 Å². The van der Waals surface area contributed by atoms with Crippen molar-refractivity contribution >= 4 is 153 Å². The van der Waals surface area contributed by atoms with Crippen molar-refractivity contribution in [3.63, 3.8) is 0 Å². The van der Waals surface area contributed by atoms with Crippen molar-refractivity contribution < 1.29 is 13.3 Å². The van der Waals surface area contributed by atoms with Gasteiger partial charge in [0.1, 0.15) is 33.5 Å². The summed E-state index contributed by atoms with van der Waals surface area (Å²) in [6.07, 6.45) is 0. The molecule has 0 aliphatic heterocycles. The first-order chi connectivity index (χ1) is 54.5. The summed E-state index contributed by atoms with van der Waals surface area (Å²) in [7, 11) is 0. The molecule has 0 radical (unpaired) electrons. The molecule has 0 fully saturated rings. The predicted octanol–water partition coefficient (Wildman–Crippen LogP) is 30.7. The van der Waals surface area contributed by atoms with E-state index in [-0.39, 0.29) is 0 Å². The van der Waals surface area contributed by atoms with E-state index in [1.165, 1.54) is 58.4 Å². The van der Waals surface area contributed by atoms with E-state index in [0.717, 1.165) is 161 Å². The molecular weight excluding hydrogens is 1360 g/mol. The normalized spacial score (nSPS) is 11.8. The van der Waals surface area contributed by atoms with Gasteiger partial charge in [0.15, 0.2) is 0 Å². The molecule has 6 heteroatoms. The van der Waals surface area contributed by atoms with Gasteiger partial charge in [-0.1, -0.05) is 279 Å². The number of rotatable bonds is 13.